The van der Waals surface area contributed by atoms with Crippen molar-refractivity contribution in [2.75, 3.05) is 5.75 Å². The predicted molar refractivity (Wildman–Crippen MR) is 77.1 cm³/mol. The molecule has 1 aromatic carbocycles. The average molecular weight is 291 g/mol. The number of benzene rings is 1. The summed E-state index contributed by atoms with van der Waals surface area (Å²) in [6.45, 7) is 1.43. The number of hydrogen-bond acceptors (Lipinski definition) is 5. The number of thioether (sulfide) groups is 1. The Morgan fingerprint density at radius 1 is 1.40 bits per heavy atom. The van der Waals surface area contributed by atoms with Gasteiger partial charge in [0.1, 0.15) is 6.10 Å². The Morgan fingerprint density at radius 3 is 2.45 bits per heavy atom. The molecule has 1 aliphatic rings. The van der Waals surface area contributed by atoms with E-state index in [-0.39, 0.29) is 16.3 Å². The van der Waals surface area contributed by atoms with Crippen molar-refractivity contribution in [1.82, 2.24) is 0 Å². The number of carbonyl (C=O) groups excluding carboxylic acids is 1. The quantitative estimate of drug-likeness (QED) is 0.866. The van der Waals surface area contributed by atoms with Crippen LogP contribution in [0.15, 0.2) is 24.3 Å². The van der Waals surface area contributed by atoms with Gasteiger partial charge in [-0.05, 0) is 24.0 Å². The molecule has 0 amide bonds. The zero-order chi connectivity index (χ0) is 14.8. The van der Waals surface area contributed by atoms with Crippen molar-refractivity contribution in [2.45, 2.75) is 37.4 Å². The van der Waals surface area contributed by atoms with E-state index in [1.165, 1.54) is 6.92 Å². The molecule has 0 saturated heterocycles. The first kappa shape index (κ1) is 15.0. The van der Waals surface area contributed by atoms with Gasteiger partial charge in [-0.2, -0.15) is 5.26 Å². The van der Waals surface area contributed by atoms with E-state index in [2.05, 4.69) is 6.07 Å². The lowest BCUT2D eigenvalue weighted by Crippen LogP contribution is -2.21. The second-order valence-electron chi connectivity index (χ2n) is 5.13. The molecule has 0 spiro atoms. The van der Waals surface area contributed by atoms with E-state index in [4.69, 9.17) is 5.26 Å². The van der Waals surface area contributed by atoms with Gasteiger partial charge in [0, 0.05) is 12.7 Å². The molecule has 5 heteroatoms. The molecule has 1 aliphatic carbocycles. The van der Waals surface area contributed by atoms with Crippen molar-refractivity contribution in [1.29, 1.82) is 5.26 Å². The molecule has 2 atom stereocenters. The molecule has 0 bridgehead atoms. The maximum Gasteiger partial charge on any atom is 0.185 e. The van der Waals surface area contributed by atoms with Crippen LogP contribution in [-0.2, 0) is 10.2 Å². The fourth-order valence-electron chi connectivity index (χ4n) is 2.11. The molecule has 106 valence electrons. The average Bonchev–Trinajstić information content (AvgIpc) is 3.25. The summed E-state index contributed by atoms with van der Waals surface area (Å²) in [7, 11) is 0. The van der Waals surface area contributed by atoms with Crippen LogP contribution in [0.2, 0.25) is 0 Å². The second kappa shape index (κ2) is 5.96. The first-order chi connectivity index (χ1) is 9.48. The molecule has 20 heavy (non-hydrogen) atoms. The number of aliphatic hydroxyl groups is 2. The monoisotopic (exact) mass is 291 g/mol. The highest BCUT2D eigenvalue weighted by atomic mass is 32.2. The summed E-state index contributed by atoms with van der Waals surface area (Å²) in [5.41, 5.74) is 1.22. The van der Waals surface area contributed by atoms with Crippen molar-refractivity contribution in [3.63, 3.8) is 0 Å². The number of nitrogens with zero attached hydrogens (tertiary/aromatic N) is 1. The summed E-state index contributed by atoms with van der Waals surface area (Å²) >= 11 is 0.991. The van der Waals surface area contributed by atoms with Gasteiger partial charge < -0.3 is 10.2 Å². The zero-order valence-corrected chi connectivity index (χ0v) is 12.1. The first-order valence-corrected chi connectivity index (χ1v) is 7.48. The SMILES string of the molecule is CC(=O)SCC(O)C(O)c1ccc(C2(C#N)CC2)cc1. The van der Waals surface area contributed by atoms with E-state index >= 15 is 0 Å². The second-order valence-corrected chi connectivity index (χ2v) is 6.33. The van der Waals surface area contributed by atoms with Crippen LogP contribution in [-0.4, -0.2) is 27.2 Å². The Labute approximate surface area is 122 Å². The summed E-state index contributed by atoms with van der Waals surface area (Å²) in [5, 5.41) is 28.9. The van der Waals surface area contributed by atoms with Gasteiger partial charge >= 0.3 is 0 Å². The lowest BCUT2D eigenvalue weighted by Gasteiger charge is -2.18. The van der Waals surface area contributed by atoms with E-state index in [0.29, 0.717) is 5.56 Å². The minimum absolute atomic E-state index is 0.0868. The molecule has 0 aliphatic heterocycles. The summed E-state index contributed by atoms with van der Waals surface area (Å²) in [6, 6.07) is 9.46. The fraction of sp³-hybridized carbons (Fsp3) is 0.467. The van der Waals surface area contributed by atoms with Gasteiger partial charge in [-0.1, -0.05) is 36.0 Å². The Kier molecular flexibility index (Phi) is 4.48. The standard InChI is InChI=1S/C15H17NO3S/c1-10(17)20-8-13(18)14(19)11-2-4-12(5-3-11)15(9-16)6-7-15/h2-5,13-14,18-19H,6-8H2,1H3. The minimum atomic E-state index is -1.02. The highest BCUT2D eigenvalue weighted by Crippen LogP contribution is 2.47. The smallest absolute Gasteiger partial charge is 0.185 e. The summed E-state index contributed by atoms with van der Waals surface area (Å²) in [6.07, 6.45) is -0.249. The molecule has 0 aromatic heterocycles. The lowest BCUT2D eigenvalue weighted by atomic mass is 9.95. The number of rotatable bonds is 5. The van der Waals surface area contributed by atoms with Crippen molar-refractivity contribution < 1.29 is 15.0 Å². The molecular formula is C15H17NO3S. The Hall–Kier alpha value is -1.35. The topological polar surface area (TPSA) is 81.3 Å². The maximum atomic E-state index is 10.8. The number of aliphatic hydroxyl groups excluding tert-OH is 2. The van der Waals surface area contributed by atoms with E-state index in [9.17, 15) is 15.0 Å². The Balaban J connectivity index is 2.02. The third kappa shape index (κ3) is 3.21. The normalized spacial score (nSPS) is 18.9. The molecule has 2 unspecified atom stereocenters. The zero-order valence-electron chi connectivity index (χ0n) is 11.2. The van der Waals surface area contributed by atoms with Crippen molar-refractivity contribution in [3.05, 3.63) is 35.4 Å². The van der Waals surface area contributed by atoms with Gasteiger partial charge in [-0.15, -0.1) is 0 Å². The van der Waals surface area contributed by atoms with Gasteiger partial charge in [-0.3, -0.25) is 4.79 Å². The van der Waals surface area contributed by atoms with Gasteiger partial charge in [0.15, 0.2) is 5.12 Å². The van der Waals surface area contributed by atoms with E-state index < -0.39 is 12.2 Å². The lowest BCUT2D eigenvalue weighted by molar-refractivity contribution is -0.109. The molecular weight excluding hydrogens is 274 g/mol. The molecule has 2 N–H and O–H groups in total. The highest BCUT2D eigenvalue weighted by Gasteiger charge is 2.44. The molecule has 1 fully saturated rings. The Bertz CT molecular complexity index is 531. The third-order valence-corrected chi connectivity index (χ3v) is 4.51. The van der Waals surface area contributed by atoms with Crippen molar-refractivity contribution in [3.8, 4) is 6.07 Å². The third-order valence-electron chi connectivity index (χ3n) is 3.59. The van der Waals surface area contributed by atoms with Crippen LogP contribution in [0.4, 0.5) is 0 Å². The first-order valence-electron chi connectivity index (χ1n) is 6.50. The van der Waals surface area contributed by atoms with Gasteiger partial charge in [0.05, 0.1) is 17.6 Å². The molecule has 4 nitrogen and oxygen atoms in total. The predicted octanol–water partition coefficient (Wildman–Crippen LogP) is 1.92. The number of carbonyl (C=O) groups is 1. The molecule has 0 heterocycles. The van der Waals surface area contributed by atoms with E-state index in [0.717, 1.165) is 30.2 Å². The fourth-order valence-corrected chi connectivity index (χ4v) is 2.69. The molecule has 1 aromatic rings. The van der Waals surface area contributed by atoms with Crippen LogP contribution in [0.1, 0.15) is 37.0 Å². The maximum absolute atomic E-state index is 10.8. The molecule has 0 radical (unpaired) electrons. The van der Waals surface area contributed by atoms with E-state index in [1.54, 1.807) is 12.1 Å². The van der Waals surface area contributed by atoms with Crippen LogP contribution >= 0.6 is 11.8 Å². The molecule has 2 rings (SSSR count). The van der Waals surface area contributed by atoms with Crippen LogP contribution in [0.5, 0.6) is 0 Å². The molecule has 1 saturated carbocycles. The van der Waals surface area contributed by atoms with Crippen LogP contribution in [0.3, 0.4) is 0 Å². The minimum Gasteiger partial charge on any atom is -0.389 e. The van der Waals surface area contributed by atoms with Crippen molar-refractivity contribution >= 4 is 16.9 Å². The van der Waals surface area contributed by atoms with Gasteiger partial charge in [0.2, 0.25) is 0 Å². The highest BCUT2D eigenvalue weighted by molar-refractivity contribution is 8.13. The van der Waals surface area contributed by atoms with Gasteiger partial charge in [0.25, 0.3) is 0 Å². The van der Waals surface area contributed by atoms with E-state index in [1.807, 2.05) is 12.1 Å². The van der Waals surface area contributed by atoms with Crippen LogP contribution < -0.4 is 0 Å². The number of hydrogen-bond donors (Lipinski definition) is 2. The van der Waals surface area contributed by atoms with Crippen molar-refractivity contribution in [2.24, 2.45) is 0 Å². The Morgan fingerprint density at radius 2 is 2.00 bits per heavy atom. The summed E-state index contributed by atoms with van der Waals surface area (Å²) < 4.78 is 0. The van der Waals surface area contributed by atoms with Gasteiger partial charge in [-0.25, -0.2) is 0 Å². The summed E-state index contributed by atoms with van der Waals surface area (Å²) in [5.74, 6) is 0.167. The number of nitriles is 1. The van der Waals surface area contributed by atoms with Crippen LogP contribution in [0.25, 0.3) is 0 Å². The largest absolute Gasteiger partial charge is 0.389 e. The summed E-state index contributed by atoms with van der Waals surface area (Å²) in [4.78, 5) is 10.8. The van der Waals surface area contributed by atoms with Crippen LogP contribution in [0, 0.1) is 11.3 Å².